The summed E-state index contributed by atoms with van der Waals surface area (Å²) in [5.74, 6) is 1.22. The van der Waals surface area contributed by atoms with E-state index in [1.54, 1.807) is 6.21 Å². The summed E-state index contributed by atoms with van der Waals surface area (Å²) in [4.78, 5) is 13.2. The van der Waals surface area contributed by atoms with Gasteiger partial charge in [-0.2, -0.15) is 5.10 Å². The standard InChI is InChI=1S/C22H27N3O4/c1-2-28-21-14-19(8-9-20(21)29-17-18-6-4-3-5-7-18)15-23-24-22(26)16-25-10-12-27-13-11-25/h3-9,14-15H,2,10-13,16-17H2,1H3,(H,24,26)/p+1/b23-15-. The average Bonchev–Trinajstić information content (AvgIpc) is 2.75. The van der Waals surface area contributed by atoms with Crippen molar-refractivity contribution in [2.75, 3.05) is 39.5 Å². The second kappa shape index (κ2) is 11.2. The normalized spacial score (nSPS) is 14.7. The van der Waals surface area contributed by atoms with Crippen LogP contribution in [0, 0.1) is 0 Å². The molecule has 0 aromatic heterocycles. The lowest BCUT2D eigenvalue weighted by molar-refractivity contribution is -0.900. The van der Waals surface area contributed by atoms with Gasteiger partial charge in [0.1, 0.15) is 19.7 Å². The van der Waals surface area contributed by atoms with E-state index in [1.807, 2.05) is 55.5 Å². The maximum atomic E-state index is 12.0. The van der Waals surface area contributed by atoms with Gasteiger partial charge in [-0.25, -0.2) is 5.43 Å². The molecule has 2 N–H and O–H groups in total. The van der Waals surface area contributed by atoms with Gasteiger partial charge in [0.25, 0.3) is 5.91 Å². The molecule has 2 aromatic rings. The van der Waals surface area contributed by atoms with Crippen molar-refractivity contribution in [1.29, 1.82) is 0 Å². The number of nitrogens with one attached hydrogen (secondary N) is 2. The first-order valence-corrected chi connectivity index (χ1v) is 9.91. The minimum atomic E-state index is -0.106. The summed E-state index contributed by atoms with van der Waals surface area (Å²) in [5.41, 5.74) is 4.50. The molecule has 1 aliphatic heterocycles. The van der Waals surface area contributed by atoms with E-state index in [1.165, 1.54) is 4.90 Å². The number of carbonyl (C=O) groups is 1. The molecule has 2 aromatic carbocycles. The summed E-state index contributed by atoms with van der Waals surface area (Å²) < 4.78 is 16.9. The lowest BCUT2D eigenvalue weighted by atomic mass is 10.2. The van der Waals surface area contributed by atoms with Crippen LogP contribution in [-0.2, 0) is 16.1 Å². The molecule has 154 valence electrons. The molecular formula is C22H28N3O4+. The van der Waals surface area contributed by atoms with Crippen LogP contribution in [0.1, 0.15) is 18.1 Å². The molecule has 0 unspecified atom stereocenters. The van der Waals surface area contributed by atoms with Crippen molar-refractivity contribution in [2.24, 2.45) is 5.10 Å². The number of quaternary nitrogens is 1. The van der Waals surface area contributed by atoms with Gasteiger partial charge in [-0.1, -0.05) is 30.3 Å². The zero-order chi connectivity index (χ0) is 20.3. The molecule has 0 spiro atoms. The van der Waals surface area contributed by atoms with E-state index in [0.717, 1.165) is 24.2 Å². The molecule has 3 rings (SSSR count). The molecule has 0 bridgehead atoms. The minimum absolute atomic E-state index is 0.106. The first-order valence-electron chi connectivity index (χ1n) is 9.91. The summed E-state index contributed by atoms with van der Waals surface area (Å²) in [5, 5.41) is 4.07. The number of carbonyl (C=O) groups excluding carboxylic acids is 1. The van der Waals surface area contributed by atoms with Crippen molar-refractivity contribution in [2.45, 2.75) is 13.5 Å². The number of morpholine rings is 1. The zero-order valence-corrected chi connectivity index (χ0v) is 16.7. The Morgan fingerprint density at radius 2 is 1.93 bits per heavy atom. The Morgan fingerprint density at radius 3 is 2.69 bits per heavy atom. The maximum absolute atomic E-state index is 12.0. The molecule has 0 radical (unpaired) electrons. The molecule has 7 heteroatoms. The lowest BCUT2D eigenvalue weighted by Crippen LogP contribution is -3.15. The van der Waals surface area contributed by atoms with E-state index in [2.05, 4.69) is 10.5 Å². The molecule has 1 amide bonds. The zero-order valence-electron chi connectivity index (χ0n) is 16.7. The number of rotatable bonds is 9. The number of hydrogen-bond donors (Lipinski definition) is 2. The fraction of sp³-hybridized carbons (Fsp3) is 0.364. The van der Waals surface area contributed by atoms with Gasteiger partial charge in [0.15, 0.2) is 18.0 Å². The SMILES string of the molecule is CCOc1cc(/C=N\NC(=O)C[NH+]2CCOCC2)ccc1OCc1ccccc1. The third kappa shape index (κ3) is 6.89. The molecule has 7 nitrogen and oxygen atoms in total. The predicted octanol–water partition coefficient (Wildman–Crippen LogP) is 1.03. The van der Waals surface area contributed by atoms with Crippen molar-refractivity contribution < 1.29 is 23.9 Å². The highest BCUT2D eigenvalue weighted by molar-refractivity contribution is 5.83. The van der Waals surface area contributed by atoms with Crippen LogP contribution in [0.4, 0.5) is 0 Å². The Morgan fingerprint density at radius 1 is 1.14 bits per heavy atom. The summed E-state index contributed by atoms with van der Waals surface area (Å²) in [6.45, 7) is 6.41. The van der Waals surface area contributed by atoms with E-state index >= 15 is 0 Å². The highest BCUT2D eigenvalue weighted by Crippen LogP contribution is 2.28. The van der Waals surface area contributed by atoms with Gasteiger partial charge in [0, 0.05) is 0 Å². The Balaban J connectivity index is 1.55. The Labute approximate surface area is 171 Å². The fourth-order valence-corrected chi connectivity index (χ4v) is 3.01. The Bertz CT molecular complexity index is 805. The smallest absolute Gasteiger partial charge is 0.295 e. The quantitative estimate of drug-likeness (QED) is 0.489. The van der Waals surface area contributed by atoms with Gasteiger partial charge in [0.05, 0.1) is 26.0 Å². The first-order chi connectivity index (χ1) is 14.2. The van der Waals surface area contributed by atoms with Crippen LogP contribution in [-0.4, -0.2) is 51.6 Å². The van der Waals surface area contributed by atoms with Crippen molar-refractivity contribution in [1.82, 2.24) is 5.43 Å². The molecule has 1 saturated heterocycles. The van der Waals surface area contributed by atoms with Gasteiger partial charge >= 0.3 is 0 Å². The van der Waals surface area contributed by atoms with E-state index in [4.69, 9.17) is 14.2 Å². The number of benzene rings is 2. The minimum Gasteiger partial charge on any atom is -0.490 e. The second-order valence-corrected chi connectivity index (χ2v) is 6.75. The van der Waals surface area contributed by atoms with Crippen LogP contribution in [0.15, 0.2) is 53.6 Å². The van der Waals surface area contributed by atoms with Crippen LogP contribution in [0.3, 0.4) is 0 Å². The van der Waals surface area contributed by atoms with Gasteiger partial charge in [-0.3, -0.25) is 4.79 Å². The number of hydrazone groups is 1. The molecule has 1 heterocycles. The summed E-state index contributed by atoms with van der Waals surface area (Å²) in [7, 11) is 0. The summed E-state index contributed by atoms with van der Waals surface area (Å²) in [6, 6.07) is 15.6. The van der Waals surface area contributed by atoms with Crippen molar-refractivity contribution in [3.05, 3.63) is 59.7 Å². The van der Waals surface area contributed by atoms with Gasteiger partial charge in [-0.05, 0) is 36.2 Å². The number of nitrogens with zero attached hydrogens (tertiary/aromatic N) is 1. The lowest BCUT2D eigenvalue weighted by Gasteiger charge is -2.22. The Kier molecular flexibility index (Phi) is 8.03. The number of amides is 1. The molecular weight excluding hydrogens is 370 g/mol. The number of hydrogen-bond acceptors (Lipinski definition) is 5. The number of ether oxygens (including phenoxy) is 3. The third-order valence-corrected chi connectivity index (χ3v) is 4.52. The predicted molar refractivity (Wildman–Crippen MR) is 111 cm³/mol. The third-order valence-electron chi connectivity index (χ3n) is 4.52. The van der Waals surface area contributed by atoms with Crippen LogP contribution in [0.5, 0.6) is 11.5 Å². The molecule has 29 heavy (non-hydrogen) atoms. The van der Waals surface area contributed by atoms with Crippen molar-refractivity contribution in [3.63, 3.8) is 0 Å². The topological polar surface area (TPSA) is 73.6 Å². The van der Waals surface area contributed by atoms with Crippen LogP contribution in [0.2, 0.25) is 0 Å². The van der Waals surface area contributed by atoms with E-state index in [-0.39, 0.29) is 5.91 Å². The Hall–Kier alpha value is -2.90. The van der Waals surface area contributed by atoms with Gasteiger partial charge < -0.3 is 19.1 Å². The molecule has 1 fully saturated rings. The van der Waals surface area contributed by atoms with E-state index < -0.39 is 0 Å². The average molecular weight is 398 g/mol. The summed E-state index contributed by atoms with van der Waals surface area (Å²) in [6.07, 6.45) is 1.61. The highest BCUT2D eigenvalue weighted by Gasteiger charge is 2.17. The molecule has 0 aliphatic carbocycles. The maximum Gasteiger partial charge on any atom is 0.295 e. The van der Waals surface area contributed by atoms with E-state index in [0.29, 0.717) is 44.5 Å². The molecule has 1 aliphatic rings. The molecule has 0 atom stereocenters. The first kappa shape index (κ1) is 20.8. The van der Waals surface area contributed by atoms with E-state index in [9.17, 15) is 4.79 Å². The van der Waals surface area contributed by atoms with Gasteiger partial charge in [0.2, 0.25) is 0 Å². The van der Waals surface area contributed by atoms with Crippen molar-refractivity contribution >= 4 is 12.1 Å². The van der Waals surface area contributed by atoms with Gasteiger partial charge in [-0.15, -0.1) is 0 Å². The van der Waals surface area contributed by atoms with Crippen LogP contribution >= 0.6 is 0 Å². The van der Waals surface area contributed by atoms with Crippen molar-refractivity contribution in [3.8, 4) is 11.5 Å². The summed E-state index contributed by atoms with van der Waals surface area (Å²) >= 11 is 0. The largest absolute Gasteiger partial charge is 0.490 e. The second-order valence-electron chi connectivity index (χ2n) is 6.75. The monoisotopic (exact) mass is 398 g/mol. The fourth-order valence-electron chi connectivity index (χ4n) is 3.01. The molecule has 0 saturated carbocycles. The van der Waals surface area contributed by atoms with Crippen LogP contribution < -0.4 is 19.8 Å². The highest BCUT2D eigenvalue weighted by atomic mass is 16.5. The van der Waals surface area contributed by atoms with Crippen LogP contribution in [0.25, 0.3) is 0 Å².